The summed E-state index contributed by atoms with van der Waals surface area (Å²) in [7, 11) is -9.91. The van der Waals surface area contributed by atoms with Crippen molar-refractivity contribution in [3.63, 3.8) is 0 Å². The minimum Gasteiger partial charge on any atom is -0.462 e. The molecule has 6 atom stereocenters. The Kier molecular flexibility index (Phi) is 68.4. The van der Waals surface area contributed by atoms with Crippen LogP contribution >= 0.6 is 15.6 Å². The van der Waals surface area contributed by atoms with Gasteiger partial charge < -0.3 is 33.8 Å². The number of hydrogen-bond acceptors (Lipinski definition) is 15. The van der Waals surface area contributed by atoms with Crippen LogP contribution in [-0.4, -0.2) is 96.7 Å². The maximum absolute atomic E-state index is 13.1. The topological polar surface area (TPSA) is 237 Å². The number of unbranched alkanes of at least 4 members (excludes halogenated alkanes) is 46. The smallest absolute Gasteiger partial charge is 0.462 e. The Morgan fingerprint density at radius 2 is 0.526 bits per heavy atom. The van der Waals surface area contributed by atoms with Gasteiger partial charge >= 0.3 is 39.5 Å². The maximum atomic E-state index is 13.1. The van der Waals surface area contributed by atoms with Gasteiger partial charge in [-0.2, -0.15) is 0 Å². The summed E-state index contributed by atoms with van der Waals surface area (Å²) in [5.74, 6) is -0.533. The van der Waals surface area contributed by atoms with Crippen LogP contribution in [0.4, 0.5) is 0 Å². The maximum Gasteiger partial charge on any atom is 0.472 e. The van der Waals surface area contributed by atoms with E-state index >= 15 is 0 Å². The number of aliphatic hydroxyl groups is 1. The Hall–Kier alpha value is -1.94. The molecule has 0 heterocycles. The van der Waals surface area contributed by atoms with Crippen molar-refractivity contribution in [3.05, 3.63) is 0 Å². The molecular formula is C78H152O17P2. The predicted molar refractivity (Wildman–Crippen MR) is 395 cm³/mol. The molecule has 0 fully saturated rings. The second kappa shape index (κ2) is 69.8. The molecule has 19 heteroatoms. The van der Waals surface area contributed by atoms with Crippen LogP contribution < -0.4 is 0 Å². The highest BCUT2D eigenvalue weighted by molar-refractivity contribution is 7.47. The third-order valence-corrected chi connectivity index (χ3v) is 20.5. The second-order valence-corrected chi connectivity index (χ2v) is 31.7. The van der Waals surface area contributed by atoms with Gasteiger partial charge in [0.25, 0.3) is 0 Å². The van der Waals surface area contributed by atoms with Crippen LogP contribution in [0, 0.1) is 11.8 Å². The molecule has 0 bridgehead atoms. The zero-order chi connectivity index (χ0) is 71.4. The van der Waals surface area contributed by atoms with E-state index in [1.54, 1.807) is 0 Å². The molecule has 0 spiro atoms. The number of esters is 4. The summed E-state index contributed by atoms with van der Waals surface area (Å²) in [6.07, 6.45) is 58.4. The molecule has 3 unspecified atom stereocenters. The summed E-state index contributed by atoms with van der Waals surface area (Å²) in [4.78, 5) is 72.7. The summed E-state index contributed by atoms with van der Waals surface area (Å²) in [6, 6.07) is 0. The molecule has 0 radical (unpaired) electrons. The molecule has 576 valence electrons. The molecular weight excluding hydrogens is 1270 g/mol. The van der Waals surface area contributed by atoms with E-state index in [0.29, 0.717) is 25.7 Å². The number of carbonyl (C=O) groups excluding carboxylic acids is 4. The zero-order valence-corrected chi connectivity index (χ0v) is 65.2. The number of hydrogen-bond donors (Lipinski definition) is 3. The lowest BCUT2D eigenvalue weighted by Gasteiger charge is -2.21. The van der Waals surface area contributed by atoms with Gasteiger partial charge in [-0.3, -0.25) is 37.3 Å². The number of ether oxygens (including phenoxy) is 4. The van der Waals surface area contributed by atoms with Crippen molar-refractivity contribution in [3.8, 4) is 0 Å². The SMILES string of the molecule is CCCCCCCCCCCCCCCCCCCCCCCC(=O)O[C@H](COC(=O)CCCCCCCCCCCCCCC(C)C)COP(=O)(O)OC[C@@H](O)COP(=O)(O)OC[C@@H](COC(=O)CCCCCCCCC)OC(=O)CCCCCCCCCCCCC(C)CC. The first-order valence-corrected chi connectivity index (χ1v) is 43.5. The number of phosphoric acid groups is 2. The second-order valence-electron chi connectivity index (χ2n) is 28.8. The summed E-state index contributed by atoms with van der Waals surface area (Å²) in [5, 5.41) is 10.6. The summed E-state index contributed by atoms with van der Waals surface area (Å²) < 4.78 is 68.5. The van der Waals surface area contributed by atoms with Gasteiger partial charge in [-0.25, -0.2) is 9.13 Å². The van der Waals surface area contributed by atoms with Gasteiger partial charge in [-0.15, -0.1) is 0 Å². The standard InChI is InChI=1S/C78H152O17P2/c1-7-10-12-14-16-17-18-19-20-21-22-23-24-25-26-27-32-38-44-50-56-62-77(82)95-74(67-89-76(81)61-55-49-43-37-31-29-28-30-35-41-46-52-58-70(4)5)69-93-97(86,87)91-65-72(79)64-90-96(84,85)92-68-73(66-88-75(80)60-54-48-40-15-13-11-8-2)94-78(83)63-57-51-45-39-34-33-36-42-47-53-59-71(6)9-3/h70-74,79H,7-69H2,1-6H3,(H,84,85)(H,86,87)/t71?,72-,73+,74+/m0/s1. The fourth-order valence-corrected chi connectivity index (χ4v) is 13.6. The van der Waals surface area contributed by atoms with E-state index < -0.39 is 97.5 Å². The van der Waals surface area contributed by atoms with E-state index in [1.807, 2.05) is 0 Å². The first-order chi connectivity index (χ1) is 46.9. The number of carbonyl (C=O) groups is 4. The molecule has 0 aliphatic rings. The third-order valence-electron chi connectivity index (χ3n) is 18.6. The summed E-state index contributed by atoms with van der Waals surface area (Å²) >= 11 is 0. The molecule has 0 aliphatic carbocycles. The first kappa shape index (κ1) is 95.1. The molecule has 3 N–H and O–H groups in total. The third kappa shape index (κ3) is 70.9. The molecule has 0 aromatic carbocycles. The Bertz CT molecular complexity index is 1870. The normalized spacial score (nSPS) is 14.2. The van der Waals surface area contributed by atoms with Gasteiger partial charge in [-0.05, 0) is 37.5 Å². The van der Waals surface area contributed by atoms with E-state index in [1.165, 1.54) is 212 Å². The first-order valence-electron chi connectivity index (χ1n) is 40.5. The van der Waals surface area contributed by atoms with Crippen molar-refractivity contribution in [2.75, 3.05) is 39.6 Å². The van der Waals surface area contributed by atoms with E-state index in [0.717, 1.165) is 115 Å². The van der Waals surface area contributed by atoms with Crippen LogP contribution in [0.5, 0.6) is 0 Å². The molecule has 0 amide bonds. The van der Waals surface area contributed by atoms with Gasteiger partial charge in [0.05, 0.1) is 26.4 Å². The van der Waals surface area contributed by atoms with Crippen molar-refractivity contribution in [1.82, 2.24) is 0 Å². The van der Waals surface area contributed by atoms with Gasteiger partial charge in [0.15, 0.2) is 12.2 Å². The molecule has 0 aromatic heterocycles. The van der Waals surface area contributed by atoms with Gasteiger partial charge in [0.2, 0.25) is 0 Å². The lowest BCUT2D eigenvalue weighted by atomic mass is 9.99. The van der Waals surface area contributed by atoms with Gasteiger partial charge in [-0.1, -0.05) is 356 Å². The van der Waals surface area contributed by atoms with E-state index in [9.17, 15) is 43.2 Å². The van der Waals surface area contributed by atoms with Crippen LogP contribution in [0.2, 0.25) is 0 Å². The highest BCUT2D eigenvalue weighted by atomic mass is 31.2. The molecule has 0 aliphatic heterocycles. The van der Waals surface area contributed by atoms with E-state index in [-0.39, 0.29) is 25.7 Å². The van der Waals surface area contributed by atoms with Gasteiger partial charge in [0.1, 0.15) is 19.3 Å². The highest BCUT2D eigenvalue weighted by Crippen LogP contribution is 2.45. The Morgan fingerprint density at radius 3 is 0.784 bits per heavy atom. The Labute approximate surface area is 594 Å². The lowest BCUT2D eigenvalue weighted by molar-refractivity contribution is -0.161. The van der Waals surface area contributed by atoms with Crippen LogP contribution in [0.3, 0.4) is 0 Å². The minimum absolute atomic E-state index is 0.106. The van der Waals surface area contributed by atoms with E-state index in [4.69, 9.17) is 37.0 Å². The fraction of sp³-hybridized carbons (Fsp3) is 0.949. The highest BCUT2D eigenvalue weighted by Gasteiger charge is 2.30. The lowest BCUT2D eigenvalue weighted by Crippen LogP contribution is -2.30. The molecule has 0 aromatic rings. The quantitative estimate of drug-likeness (QED) is 0.0222. The number of phosphoric ester groups is 2. The molecule has 97 heavy (non-hydrogen) atoms. The van der Waals surface area contributed by atoms with E-state index in [2.05, 4.69) is 41.5 Å². The largest absolute Gasteiger partial charge is 0.472 e. The number of rotatable bonds is 77. The average Bonchev–Trinajstić information content (AvgIpc) is 1.32. The molecule has 17 nitrogen and oxygen atoms in total. The van der Waals surface area contributed by atoms with Gasteiger partial charge in [0, 0.05) is 25.7 Å². The minimum atomic E-state index is -4.96. The average molecular weight is 1420 g/mol. The fourth-order valence-electron chi connectivity index (χ4n) is 12.0. The van der Waals surface area contributed by atoms with Crippen molar-refractivity contribution < 1.29 is 80.2 Å². The van der Waals surface area contributed by atoms with Crippen molar-refractivity contribution >= 4 is 39.5 Å². The summed E-state index contributed by atoms with van der Waals surface area (Å²) in [5.41, 5.74) is 0. The van der Waals surface area contributed by atoms with Crippen LogP contribution in [0.15, 0.2) is 0 Å². The monoisotopic (exact) mass is 1420 g/mol. The van der Waals surface area contributed by atoms with Crippen LogP contribution in [-0.2, 0) is 65.4 Å². The molecule has 0 saturated carbocycles. The summed E-state index contributed by atoms with van der Waals surface area (Å²) in [6.45, 7) is 9.60. The van der Waals surface area contributed by atoms with Crippen LogP contribution in [0.25, 0.3) is 0 Å². The van der Waals surface area contributed by atoms with Crippen molar-refractivity contribution in [1.29, 1.82) is 0 Å². The van der Waals surface area contributed by atoms with Crippen LogP contribution in [0.1, 0.15) is 408 Å². The van der Waals surface area contributed by atoms with Crippen molar-refractivity contribution in [2.45, 2.75) is 426 Å². The number of aliphatic hydroxyl groups excluding tert-OH is 1. The Balaban J connectivity index is 5.17. The Morgan fingerprint density at radius 1 is 0.299 bits per heavy atom. The molecule has 0 rings (SSSR count). The zero-order valence-electron chi connectivity index (χ0n) is 63.4. The van der Waals surface area contributed by atoms with Crippen molar-refractivity contribution in [2.24, 2.45) is 11.8 Å². The molecule has 0 saturated heterocycles. The predicted octanol–water partition coefficient (Wildman–Crippen LogP) is 23.1.